The van der Waals surface area contributed by atoms with Gasteiger partial charge in [-0.25, -0.2) is 4.79 Å². The normalized spacial score (nSPS) is 17.3. The number of rotatable bonds is 10. The molecule has 10 nitrogen and oxygen atoms in total. The van der Waals surface area contributed by atoms with Crippen LogP contribution in [0.3, 0.4) is 0 Å². The van der Waals surface area contributed by atoms with Crippen LogP contribution in [0.15, 0.2) is 5.16 Å². The second-order valence-electron chi connectivity index (χ2n) is 8.23. The number of oxime groups is 1. The van der Waals surface area contributed by atoms with E-state index in [1.165, 1.54) is 0 Å². The first kappa shape index (κ1) is 25.7. The van der Waals surface area contributed by atoms with Gasteiger partial charge in [0.05, 0.1) is 18.7 Å². The minimum Gasteiger partial charge on any atom is -0.407 e. The van der Waals surface area contributed by atoms with Crippen molar-refractivity contribution < 1.29 is 24.0 Å². The molecule has 0 spiro atoms. The molecule has 2 unspecified atom stereocenters. The number of likely N-dealkylation sites (N-methyl/N-ethyl adjacent to an activating group) is 1. The largest absolute Gasteiger partial charge is 0.413 e. The molecule has 0 aliphatic carbocycles. The quantitative estimate of drug-likeness (QED) is 0.307. The third kappa shape index (κ3) is 11.0. The van der Waals surface area contributed by atoms with E-state index in [0.717, 1.165) is 19.5 Å². The first-order valence-electron chi connectivity index (χ1n) is 10.5. The van der Waals surface area contributed by atoms with E-state index in [1.807, 2.05) is 14.0 Å². The highest BCUT2D eigenvalue weighted by molar-refractivity contribution is 6.00. The molecule has 1 saturated heterocycles. The summed E-state index contributed by atoms with van der Waals surface area (Å²) in [5.41, 5.74) is 0.406. The van der Waals surface area contributed by atoms with Gasteiger partial charge in [0.15, 0.2) is 0 Å². The topological polar surface area (TPSA) is 113 Å². The third-order valence-corrected chi connectivity index (χ3v) is 4.48. The maximum absolute atomic E-state index is 12.1. The summed E-state index contributed by atoms with van der Waals surface area (Å²) in [6, 6.07) is 0.0566. The molecule has 0 aromatic carbocycles. The molecule has 172 valence electrons. The number of carbonyl (C=O) groups excluding carboxylic acids is 3. The second kappa shape index (κ2) is 13.0. The molecule has 1 aliphatic heterocycles. The van der Waals surface area contributed by atoms with Crippen molar-refractivity contribution in [3.05, 3.63) is 0 Å². The van der Waals surface area contributed by atoms with Crippen molar-refractivity contribution in [3.63, 3.8) is 0 Å². The van der Waals surface area contributed by atoms with Crippen LogP contribution in [0.1, 0.15) is 47.5 Å². The Hall–Kier alpha value is -2.36. The minimum atomic E-state index is -0.872. The summed E-state index contributed by atoms with van der Waals surface area (Å²) in [5.74, 6) is -0.0858. The predicted octanol–water partition coefficient (Wildman–Crippen LogP) is 1.17. The lowest BCUT2D eigenvalue weighted by molar-refractivity contribution is -0.126. The van der Waals surface area contributed by atoms with Crippen molar-refractivity contribution >= 4 is 23.6 Å². The van der Waals surface area contributed by atoms with Crippen LogP contribution >= 0.6 is 0 Å². The lowest BCUT2D eigenvalue weighted by Gasteiger charge is -2.32. The van der Waals surface area contributed by atoms with Crippen LogP contribution in [-0.2, 0) is 19.2 Å². The van der Waals surface area contributed by atoms with E-state index in [9.17, 15) is 14.4 Å². The van der Waals surface area contributed by atoms with Crippen LogP contribution in [0.4, 0.5) is 4.79 Å². The Labute approximate surface area is 179 Å². The first-order chi connectivity index (χ1) is 14.1. The summed E-state index contributed by atoms with van der Waals surface area (Å²) < 4.78 is 5.21. The smallest absolute Gasteiger partial charge is 0.407 e. The van der Waals surface area contributed by atoms with Gasteiger partial charge in [0.1, 0.15) is 0 Å². The van der Waals surface area contributed by atoms with E-state index >= 15 is 0 Å². The SMILES string of the molecule is CC(CC(=O)NCC(=O)NC(C)CC(C)C)=NOC(C)OC(=O)N1CCN(C)CC1. The van der Waals surface area contributed by atoms with Crippen molar-refractivity contribution in [2.45, 2.75) is 59.8 Å². The van der Waals surface area contributed by atoms with Gasteiger partial charge in [0.2, 0.25) is 11.8 Å². The molecular weight excluding hydrogens is 390 g/mol. The van der Waals surface area contributed by atoms with Gasteiger partial charge >= 0.3 is 6.09 Å². The molecule has 0 saturated carbocycles. The van der Waals surface area contributed by atoms with E-state index in [2.05, 4.69) is 34.5 Å². The molecule has 2 N–H and O–H groups in total. The summed E-state index contributed by atoms with van der Waals surface area (Å²) in [7, 11) is 2.00. The van der Waals surface area contributed by atoms with Crippen molar-refractivity contribution in [2.75, 3.05) is 39.8 Å². The summed E-state index contributed by atoms with van der Waals surface area (Å²) in [6.45, 7) is 12.0. The van der Waals surface area contributed by atoms with Gasteiger partial charge in [0, 0.05) is 39.1 Å². The molecule has 2 atom stereocenters. The molecular formula is C20H37N5O5. The van der Waals surface area contributed by atoms with Gasteiger partial charge in [-0.05, 0) is 33.2 Å². The van der Waals surface area contributed by atoms with Crippen LogP contribution < -0.4 is 10.6 Å². The number of hydrogen-bond acceptors (Lipinski definition) is 7. The zero-order valence-corrected chi connectivity index (χ0v) is 19.1. The fourth-order valence-electron chi connectivity index (χ4n) is 2.99. The Morgan fingerprint density at radius 3 is 2.27 bits per heavy atom. The highest BCUT2D eigenvalue weighted by atomic mass is 16.8. The number of ether oxygens (including phenoxy) is 1. The van der Waals surface area contributed by atoms with Gasteiger partial charge < -0.3 is 30.0 Å². The number of nitrogens with one attached hydrogen (secondary N) is 2. The molecule has 1 rings (SSSR count). The molecule has 0 aromatic rings. The van der Waals surface area contributed by atoms with E-state index in [0.29, 0.717) is 24.7 Å². The van der Waals surface area contributed by atoms with Crippen molar-refractivity contribution in [3.8, 4) is 0 Å². The van der Waals surface area contributed by atoms with E-state index in [-0.39, 0.29) is 30.8 Å². The lowest BCUT2D eigenvalue weighted by atomic mass is 10.1. The van der Waals surface area contributed by atoms with Gasteiger partial charge in [-0.2, -0.15) is 0 Å². The number of carbonyl (C=O) groups is 3. The molecule has 3 amide bonds. The Kier molecular flexibility index (Phi) is 11.2. The average molecular weight is 428 g/mol. The number of piperazine rings is 1. The summed E-state index contributed by atoms with van der Waals surface area (Å²) in [4.78, 5) is 44.8. The monoisotopic (exact) mass is 427 g/mol. The van der Waals surface area contributed by atoms with Crippen LogP contribution in [-0.4, -0.2) is 85.5 Å². The van der Waals surface area contributed by atoms with Crippen molar-refractivity contribution in [2.24, 2.45) is 11.1 Å². The van der Waals surface area contributed by atoms with Crippen LogP contribution in [0.2, 0.25) is 0 Å². The lowest BCUT2D eigenvalue weighted by Crippen LogP contribution is -2.47. The van der Waals surface area contributed by atoms with E-state index < -0.39 is 12.4 Å². The number of hydrogen-bond donors (Lipinski definition) is 2. The Morgan fingerprint density at radius 1 is 1.03 bits per heavy atom. The van der Waals surface area contributed by atoms with Crippen LogP contribution in [0, 0.1) is 5.92 Å². The predicted molar refractivity (Wildman–Crippen MR) is 114 cm³/mol. The van der Waals surface area contributed by atoms with Gasteiger partial charge in [0.25, 0.3) is 6.29 Å². The Bertz CT molecular complexity index is 602. The molecule has 0 aromatic heterocycles. The minimum absolute atomic E-state index is 0.0199. The maximum atomic E-state index is 12.1. The standard InChI is InChI=1S/C20H37N5O5/c1-14(2)11-15(3)22-19(27)13-21-18(26)12-16(4)23-30-17(5)29-20(28)25-9-7-24(6)8-10-25/h14-15,17H,7-13H2,1-6H3,(H,21,26)(H,22,27). The van der Waals surface area contributed by atoms with Crippen LogP contribution in [0.25, 0.3) is 0 Å². The summed E-state index contributed by atoms with van der Waals surface area (Å²) in [6.07, 6.45) is -0.462. The second-order valence-corrected chi connectivity index (χ2v) is 8.23. The summed E-state index contributed by atoms with van der Waals surface area (Å²) >= 11 is 0. The highest BCUT2D eigenvalue weighted by Crippen LogP contribution is 2.06. The molecule has 10 heteroatoms. The fraction of sp³-hybridized carbons (Fsp3) is 0.800. The number of nitrogens with zero attached hydrogens (tertiary/aromatic N) is 3. The summed E-state index contributed by atoms with van der Waals surface area (Å²) in [5, 5.41) is 9.23. The first-order valence-corrected chi connectivity index (χ1v) is 10.5. The molecule has 0 radical (unpaired) electrons. The Balaban J connectivity index is 2.27. The van der Waals surface area contributed by atoms with Crippen molar-refractivity contribution in [1.29, 1.82) is 0 Å². The molecule has 1 aliphatic rings. The molecule has 0 bridgehead atoms. The van der Waals surface area contributed by atoms with Crippen molar-refractivity contribution in [1.82, 2.24) is 20.4 Å². The van der Waals surface area contributed by atoms with Crippen LogP contribution in [0.5, 0.6) is 0 Å². The third-order valence-electron chi connectivity index (χ3n) is 4.48. The van der Waals surface area contributed by atoms with E-state index in [4.69, 9.17) is 9.57 Å². The number of amides is 3. The van der Waals surface area contributed by atoms with Gasteiger partial charge in [-0.15, -0.1) is 0 Å². The van der Waals surface area contributed by atoms with Gasteiger partial charge in [-0.1, -0.05) is 19.0 Å². The molecule has 1 fully saturated rings. The zero-order valence-electron chi connectivity index (χ0n) is 19.1. The average Bonchev–Trinajstić information content (AvgIpc) is 2.64. The molecule has 1 heterocycles. The Morgan fingerprint density at radius 2 is 1.67 bits per heavy atom. The maximum Gasteiger partial charge on any atom is 0.413 e. The van der Waals surface area contributed by atoms with E-state index in [1.54, 1.807) is 18.7 Å². The highest BCUT2D eigenvalue weighted by Gasteiger charge is 2.22. The fourth-order valence-corrected chi connectivity index (χ4v) is 2.99. The zero-order chi connectivity index (χ0) is 22.7. The molecule has 30 heavy (non-hydrogen) atoms. The van der Waals surface area contributed by atoms with Gasteiger partial charge in [-0.3, -0.25) is 9.59 Å².